The van der Waals surface area contributed by atoms with Gasteiger partial charge in [0.15, 0.2) is 5.82 Å². The molecule has 410 valence electrons. The summed E-state index contributed by atoms with van der Waals surface area (Å²) in [5, 5.41) is 18.0. The maximum Gasteiger partial charge on any atom is 0.418 e. The Hall–Kier alpha value is -6.06. The molecule has 7 aliphatic heterocycles. The van der Waals surface area contributed by atoms with Crippen LogP contribution in [0.5, 0.6) is 11.8 Å². The molecule has 5 aromatic rings. The molecule has 77 heavy (non-hydrogen) atoms. The summed E-state index contributed by atoms with van der Waals surface area (Å²) in [6.07, 6.45) is 5.42. The van der Waals surface area contributed by atoms with Crippen molar-refractivity contribution in [2.45, 2.75) is 120 Å². The van der Waals surface area contributed by atoms with Crippen LogP contribution in [0.2, 0.25) is 5.02 Å². The molecule has 22 heteroatoms. The molecule has 6 saturated heterocycles. The van der Waals surface area contributed by atoms with Crippen LogP contribution >= 0.6 is 11.6 Å². The molecule has 12 rings (SSSR count). The van der Waals surface area contributed by atoms with Crippen molar-refractivity contribution in [1.82, 2.24) is 39.8 Å². The number of carbonyl (C=O) groups is 3. The van der Waals surface area contributed by atoms with Gasteiger partial charge in [-0.25, -0.2) is 14.2 Å². The highest BCUT2D eigenvalue weighted by molar-refractivity contribution is 6.32. The second-order valence-electron chi connectivity index (χ2n) is 22.3. The van der Waals surface area contributed by atoms with Gasteiger partial charge in [-0.05, 0) is 132 Å². The van der Waals surface area contributed by atoms with E-state index in [1.807, 2.05) is 16.6 Å². The number of halogens is 5. The van der Waals surface area contributed by atoms with E-state index < -0.39 is 51.0 Å². The standard InChI is InChI=1S/C55H63ClF4N10O7/c1-66-42-25-33(4-6-37(42)47(65-66)38-7-9-43(72)62-51(38)73)67-19-11-31(12-20-67)24-32-13-21-68(22-14-32)53(74)76-29-35-10-16-54(15-2-18-70(35)54)30-77-52-63-49-44-41(8-5-34-28-75-23-3-17-69(34)50(44)64-52)61-48(46(49)57)39-26-36(71)27-40(56)45(39)55(58,59)60/h4,6,25-27,31-32,34-35,38,71H,2-3,5,7-24,28-30H2,1H3,(H,62,72,73)/t34-,35-,38?,54-/m0/s1. The molecule has 3 amide bonds. The summed E-state index contributed by atoms with van der Waals surface area (Å²) in [7, 11) is 1.90. The third-order valence-electron chi connectivity index (χ3n) is 17.7. The number of aromatic hydroxyl groups is 1. The lowest BCUT2D eigenvalue weighted by Gasteiger charge is -2.37. The summed E-state index contributed by atoms with van der Waals surface area (Å²) in [5.74, 6) is -1.10. The van der Waals surface area contributed by atoms with E-state index in [0.717, 1.165) is 112 Å². The minimum atomic E-state index is -4.99. The maximum absolute atomic E-state index is 17.1. The van der Waals surface area contributed by atoms with E-state index in [2.05, 4.69) is 48.2 Å². The topological polar surface area (TPSA) is 181 Å². The quantitative estimate of drug-likeness (QED) is 0.100. The van der Waals surface area contributed by atoms with Crippen LogP contribution in [0.3, 0.4) is 0 Å². The Morgan fingerprint density at radius 2 is 1.73 bits per heavy atom. The van der Waals surface area contributed by atoms with Crippen LogP contribution in [-0.4, -0.2) is 141 Å². The zero-order valence-corrected chi connectivity index (χ0v) is 43.8. The van der Waals surface area contributed by atoms with E-state index >= 15 is 4.39 Å². The van der Waals surface area contributed by atoms with Crippen molar-refractivity contribution in [3.63, 3.8) is 0 Å². The molecule has 2 N–H and O–H groups in total. The molecule has 0 spiro atoms. The predicted molar refractivity (Wildman–Crippen MR) is 278 cm³/mol. The van der Waals surface area contributed by atoms with Crippen LogP contribution in [0.15, 0.2) is 30.3 Å². The highest BCUT2D eigenvalue weighted by Crippen LogP contribution is 2.47. The Morgan fingerprint density at radius 3 is 2.51 bits per heavy atom. The number of phenolic OH excluding ortho intramolecular Hbond substituents is 1. The highest BCUT2D eigenvalue weighted by atomic mass is 35.5. The predicted octanol–water partition coefficient (Wildman–Crippen LogP) is 8.69. The van der Waals surface area contributed by atoms with Gasteiger partial charge in [0.1, 0.15) is 36.0 Å². The van der Waals surface area contributed by atoms with Crippen LogP contribution in [0.1, 0.15) is 106 Å². The molecule has 1 unspecified atom stereocenters. The number of benzene rings is 2. The van der Waals surface area contributed by atoms with Gasteiger partial charge in [-0.3, -0.25) is 24.5 Å². The van der Waals surface area contributed by atoms with Crippen molar-refractivity contribution in [2.24, 2.45) is 18.9 Å². The van der Waals surface area contributed by atoms with Crippen molar-refractivity contribution in [3.05, 3.63) is 58.1 Å². The lowest BCUT2D eigenvalue weighted by atomic mass is 9.83. The Balaban J connectivity index is 0.663. The van der Waals surface area contributed by atoms with Gasteiger partial charge in [0, 0.05) is 75.5 Å². The average Bonchev–Trinajstić information content (AvgIpc) is 4.04. The Labute approximate surface area is 447 Å². The minimum absolute atomic E-state index is 0.0274. The van der Waals surface area contributed by atoms with Gasteiger partial charge in [0.05, 0.1) is 57.0 Å². The van der Waals surface area contributed by atoms with Crippen molar-refractivity contribution in [3.8, 4) is 23.0 Å². The van der Waals surface area contributed by atoms with E-state index in [4.69, 9.17) is 35.9 Å². The third-order valence-corrected chi connectivity index (χ3v) is 18.0. The number of hydrogen-bond acceptors (Lipinski definition) is 14. The second-order valence-corrected chi connectivity index (χ2v) is 22.7. The maximum atomic E-state index is 17.1. The van der Waals surface area contributed by atoms with Crippen LogP contribution < -0.4 is 19.9 Å². The second kappa shape index (κ2) is 20.6. The number of amides is 3. The van der Waals surface area contributed by atoms with Gasteiger partial charge in [-0.1, -0.05) is 11.6 Å². The molecule has 0 bridgehead atoms. The van der Waals surface area contributed by atoms with Gasteiger partial charge >= 0.3 is 18.3 Å². The fourth-order valence-corrected chi connectivity index (χ4v) is 14.1. The Kier molecular flexibility index (Phi) is 13.8. The largest absolute Gasteiger partial charge is 0.508 e. The summed E-state index contributed by atoms with van der Waals surface area (Å²) in [5.41, 5.74) is -0.130. The normalized spacial score (nSPS) is 24.8. The van der Waals surface area contributed by atoms with Crippen molar-refractivity contribution < 1.29 is 51.3 Å². The first-order valence-electron chi connectivity index (χ1n) is 27.3. The number of imide groups is 1. The van der Waals surface area contributed by atoms with E-state index in [9.17, 15) is 32.7 Å². The summed E-state index contributed by atoms with van der Waals surface area (Å²) in [6.45, 7) is 5.87. The molecule has 10 heterocycles. The molecule has 0 radical (unpaired) electrons. The molecule has 3 aromatic heterocycles. The first kappa shape index (κ1) is 51.7. The van der Waals surface area contributed by atoms with Crippen molar-refractivity contribution in [2.75, 3.05) is 75.5 Å². The number of carbonyl (C=O) groups excluding carboxylic acids is 3. The fourth-order valence-electron chi connectivity index (χ4n) is 13.7. The number of anilines is 2. The SMILES string of the molecule is Cn1nc(C2CCC(=O)NC2=O)c2ccc(N3CCC(CC4CCN(C(=O)OC[C@@H]5CC[C@]6(COc7nc8c9c(nc(-c%10cc(O)cc(Cl)c%10C(F)(F)F)c(F)c9n7)CC[C@H]7COCCCN87)CCCN56)CC4)CC3)cc21. The average molecular weight is 1090 g/mol. The monoisotopic (exact) mass is 1090 g/mol. The number of aromatic nitrogens is 5. The summed E-state index contributed by atoms with van der Waals surface area (Å²) < 4.78 is 80.9. The zero-order chi connectivity index (χ0) is 53.3. The molecule has 0 saturated carbocycles. The summed E-state index contributed by atoms with van der Waals surface area (Å²) >= 11 is 6.07. The van der Waals surface area contributed by atoms with Gasteiger partial charge < -0.3 is 34.0 Å². The van der Waals surface area contributed by atoms with Crippen LogP contribution in [-0.2, 0) is 38.7 Å². The van der Waals surface area contributed by atoms with E-state index in [1.54, 1.807) is 0 Å². The number of nitrogens with one attached hydrogen (secondary N) is 1. The first-order valence-corrected chi connectivity index (χ1v) is 27.7. The first-order chi connectivity index (χ1) is 37.1. The number of ether oxygens (including phenoxy) is 3. The van der Waals surface area contributed by atoms with Gasteiger partial charge in [-0.2, -0.15) is 28.2 Å². The van der Waals surface area contributed by atoms with Crippen LogP contribution in [0.4, 0.5) is 33.9 Å². The molecule has 0 aliphatic carbocycles. The summed E-state index contributed by atoms with van der Waals surface area (Å²) in [6, 6.07) is 7.63. The number of phenols is 1. The molecule has 2 aromatic carbocycles. The number of aryl methyl sites for hydroxylation is 2. The molecule has 7 aliphatic rings. The third kappa shape index (κ3) is 9.86. The van der Waals surface area contributed by atoms with Crippen molar-refractivity contribution >= 4 is 62.8 Å². The Morgan fingerprint density at radius 1 is 0.935 bits per heavy atom. The number of pyridine rings is 1. The fraction of sp³-hybridized carbons (Fsp3) is 0.582. The van der Waals surface area contributed by atoms with Crippen LogP contribution in [0.25, 0.3) is 33.1 Å². The minimum Gasteiger partial charge on any atom is -0.508 e. The number of likely N-dealkylation sites (tertiary alicyclic amines) is 1. The molecular formula is C55H63ClF4N10O7. The number of piperidine rings is 3. The lowest BCUT2D eigenvalue weighted by molar-refractivity contribution is -0.137. The smallest absolute Gasteiger partial charge is 0.418 e. The summed E-state index contributed by atoms with van der Waals surface area (Å²) in [4.78, 5) is 60.7. The molecule has 6 fully saturated rings. The van der Waals surface area contributed by atoms with Crippen molar-refractivity contribution in [1.29, 1.82) is 0 Å². The molecule has 4 atom stereocenters. The lowest BCUT2D eigenvalue weighted by Crippen LogP contribution is -2.48. The molecule has 17 nitrogen and oxygen atoms in total. The molecular weight excluding hydrogens is 1020 g/mol. The zero-order valence-electron chi connectivity index (χ0n) is 43.1. The van der Waals surface area contributed by atoms with E-state index in [1.165, 1.54) is 0 Å². The Bertz CT molecular complexity index is 3130. The van der Waals surface area contributed by atoms with Gasteiger partial charge in [0.25, 0.3) is 0 Å². The number of alkyl halides is 3. The highest BCUT2D eigenvalue weighted by Gasteiger charge is 2.51. The van der Waals surface area contributed by atoms with Gasteiger partial charge in [0.2, 0.25) is 11.8 Å². The van der Waals surface area contributed by atoms with Gasteiger partial charge in [-0.15, -0.1) is 0 Å². The van der Waals surface area contributed by atoms with E-state index in [-0.39, 0.29) is 61.2 Å². The van der Waals surface area contributed by atoms with E-state index in [0.29, 0.717) is 87.3 Å². The number of hydrogen-bond donors (Lipinski definition) is 2. The number of rotatable bonds is 10. The number of nitrogens with zero attached hydrogens (tertiary/aromatic N) is 9. The van der Waals surface area contributed by atoms with Crippen LogP contribution in [0, 0.1) is 17.7 Å². The number of fused-ring (bicyclic) bond motifs is 4.